The summed E-state index contributed by atoms with van der Waals surface area (Å²) in [6, 6.07) is 15.2. The Morgan fingerprint density at radius 1 is 1.07 bits per heavy atom. The lowest BCUT2D eigenvalue weighted by Crippen LogP contribution is -2.30. The predicted octanol–water partition coefficient (Wildman–Crippen LogP) is 5.21. The molecule has 2 aromatic carbocycles. The molecule has 0 aliphatic carbocycles. The summed E-state index contributed by atoms with van der Waals surface area (Å²) < 4.78 is 0. The second-order valence-electron chi connectivity index (χ2n) is 6.54. The summed E-state index contributed by atoms with van der Waals surface area (Å²) >= 11 is 12.0. The van der Waals surface area contributed by atoms with E-state index in [1.54, 1.807) is 6.07 Å². The minimum absolute atomic E-state index is 0.0247. The van der Waals surface area contributed by atoms with Crippen LogP contribution in [0.5, 0.6) is 0 Å². The van der Waals surface area contributed by atoms with Gasteiger partial charge in [-0.1, -0.05) is 48.3 Å². The van der Waals surface area contributed by atoms with Crippen molar-refractivity contribution in [1.82, 2.24) is 10.3 Å². The fourth-order valence-corrected chi connectivity index (χ4v) is 3.36. The number of benzene rings is 2. The normalized spacial score (nSPS) is 12.3. The zero-order valence-corrected chi connectivity index (χ0v) is 16.7. The van der Waals surface area contributed by atoms with Crippen LogP contribution in [0.25, 0.3) is 10.9 Å². The Morgan fingerprint density at radius 3 is 2.67 bits per heavy atom. The van der Waals surface area contributed by atoms with E-state index in [-0.39, 0.29) is 5.43 Å². The lowest BCUT2D eigenvalue weighted by atomic mass is 10.1. The van der Waals surface area contributed by atoms with E-state index in [4.69, 9.17) is 23.2 Å². The van der Waals surface area contributed by atoms with Crippen molar-refractivity contribution in [3.05, 3.63) is 74.4 Å². The first-order valence-electron chi connectivity index (χ1n) is 9.10. The fourth-order valence-electron chi connectivity index (χ4n) is 3.04. The SMILES string of the molecule is CC[C@@H](CCNc1cc(=O)c2ccccc2[nH]1)NCc1ccc(Cl)c(Cl)c1. The molecule has 3 aromatic rings. The highest BCUT2D eigenvalue weighted by Gasteiger charge is 2.07. The molecular formula is C21H23Cl2N3O. The number of aromatic nitrogens is 1. The Labute approximate surface area is 168 Å². The highest BCUT2D eigenvalue weighted by Crippen LogP contribution is 2.22. The van der Waals surface area contributed by atoms with E-state index < -0.39 is 0 Å². The van der Waals surface area contributed by atoms with Crippen molar-refractivity contribution >= 4 is 39.9 Å². The lowest BCUT2D eigenvalue weighted by Gasteiger charge is -2.18. The Balaban J connectivity index is 1.53. The van der Waals surface area contributed by atoms with Gasteiger partial charge in [0.25, 0.3) is 0 Å². The molecule has 3 N–H and O–H groups in total. The second-order valence-corrected chi connectivity index (χ2v) is 7.36. The van der Waals surface area contributed by atoms with Gasteiger partial charge in [-0.15, -0.1) is 0 Å². The standard InChI is InChI=1S/C21H23Cl2N3O/c1-2-15(25-13-14-7-8-17(22)18(23)11-14)9-10-24-21-12-20(27)16-5-3-4-6-19(16)26-21/h3-8,11-12,15,25H,2,9-10,13H2,1H3,(H2,24,26,27)/t15-/m0/s1. The second kappa shape index (κ2) is 9.27. The van der Waals surface area contributed by atoms with Crippen LogP contribution in [0.1, 0.15) is 25.3 Å². The number of aromatic amines is 1. The number of nitrogens with one attached hydrogen (secondary N) is 3. The van der Waals surface area contributed by atoms with Crippen LogP contribution in [0, 0.1) is 0 Å². The van der Waals surface area contributed by atoms with Gasteiger partial charge in [-0.25, -0.2) is 0 Å². The number of para-hydroxylation sites is 1. The molecule has 0 bridgehead atoms. The van der Waals surface area contributed by atoms with Gasteiger partial charge in [0, 0.05) is 30.6 Å². The molecule has 1 aromatic heterocycles. The number of hydrogen-bond donors (Lipinski definition) is 3. The highest BCUT2D eigenvalue weighted by atomic mass is 35.5. The van der Waals surface area contributed by atoms with Crippen LogP contribution in [-0.4, -0.2) is 17.6 Å². The van der Waals surface area contributed by atoms with Crippen molar-refractivity contribution in [3.63, 3.8) is 0 Å². The number of rotatable bonds is 8. The minimum Gasteiger partial charge on any atom is -0.371 e. The first kappa shape index (κ1) is 19.7. The van der Waals surface area contributed by atoms with E-state index in [1.807, 2.05) is 42.5 Å². The molecule has 0 amide bonds. The van der Waals surface area contributed by atoms with Crippen molar-refractivity contribution in [3.8, 4) is 0 Å². The summed E-state index contributed by atoms with van der Waals surface area (Å²) in [5.74, 6) is 0.748. The van der Waals surface area contributed by atoms with Crippen molar-refractivity contribution in [2.75, 3.05) is 11.9 Å². The quantitative estimate of drug-likeness (QED) is 0.483. The number of H-pyrrole nitrogens is 1. The van der Waals surface area contributed by atoms with Gasteiger partial charge in [0.1, 0.15) is 5.82 Å². The van der Waals surface area contributed by atoms with Crippen molar-refractivity contribution in [2.24, 2.45) is 0 Å². The topological polar surface area (TPSA) is 56.9 Å². The maximum absolute atomic E-state index is 12.2. The van der Waals surface area contributed by atoms with Gasteiger partial charge < -0.3 is 15.6 Å². The molecule has 1 atom stereocenters. The molecule has 0 radical (unpaired) electrons. The average molecular weight is 404 g/mol. The van der Waals surface area contributed by atoms with Gasteiger partial charge in [0.2, 0.25) is 0 Å². The summed E-state index contributed by atoms with van der Waals surface area (Å²) in [4.78, 5) is 15.4. The van der Waals surface area contributed by atoms with Gasteiger partial charge in [-0.2, -0.15) is 0 Å². The first-order chi connectivity index (χ1) is 13.1. The molecule has 0 saturated carbocycles. The molecule has 0 aliphatic rings. The maximum atomic E-state index is 12.2. The van der Waals surface area contributed by atoms with Gasteiger partial charge in [0.05, 0.1) is 15.6 Å². The van der Waals surface area contributed by atoms with Gasteiger partial charge >= 0.3 is 0 Å². The lowest BCUT2D eigenvalue weighted by molar-refractivity contribution is 0.477. The van der Waals surface area contributed by atoms with Crippen molar-refractivity contribution in [2.45, 2.75) is 32.4 Å². The zero-order chi connectivity index (χ0) is 19.2. The van der Waals surface area contributed by atoms with Crippen molar-refractivity contribution in [1.29, 1.82) is 0 Å². The largest absolute Gasteiger partial charge is 0.371 e. The summed E-state index contributed by atoms with van der Waals surface area (Å²) in [6.07, 6.45) is 1.95. The third-order valence-electron chi connectivity index (χ3n) is 4.62. The molecular weight excluding hydrogens is 381 g/mol. The zero-order valence-electron chi connectivity index (χ0n) is 15.2. The van der Waals surface area contributed by atoms with E-state index in [1.165, 1.54) is 0 Å². The maximum Gasteiger partial charge on any atom is 0.191 e. The van der Waals surface area contributed by atoms with Crippen molar-refractivity contribution < 1.29 is 0 Å². The number of halogens is 2. The third kappa shape index (κ3) is 5.25. The van der Waals surface area contributed by atoms with Gasteiger partial charge in [-0.3, -0.25) is 4.79 Å². The molecule has 0 spiro atoms. The van der Waals surface area contributed by atoms with Crippen LogP contribution in [0.15, 0.2) is 53.3 Å². The number of pyridine rings is 1. The Morgan fingerprint density at radius 2 is 1.89 bits per heavy atom. The molecule has 0 unspecified atom stereocenters. The van der Waals surface area contributed by atoms with Crippen LogP contribution >= 0.6 is 23.2 Å². The minimum atomic E-state index is 0.0247. The third-order valence-corrected chi connectivity index (χ3v) is 5.36. The molecule has 4 nitrogen and oxygen atoms in total. The van der Waals surface area contributed by atoms with Crippen LogP contribution in [-0.2, 0) is 6.54 Å². The van der Waals surface area contributed by atoms with Crippen LogP contribution in [0.3, 0.4) is 0 Å². The summed E-state index contributed by atoms with van der Waals surface area (Å²) in [7, 11) is 0. The molecule has 0 fully saturated rings. The van der Waals surface area contributed by atoms with E-state index in [0.29, 0.717) is 21.5 Å². The first-order valence-corrected chi connectivity index (χ1v) is 9.85. The van der Waals surface area contributed by atoms with Gasteiger partial charge in [-0.05, 0) is 42.7 Å². The highest BCUT2D eigenvalue weighted by molar-refractivity contribution is 6.42. The molecule has 1 heterocycles. The van der Waals surface area contributed by atoms with Gasteiger partial charge in [0.15, 0.2) is 5.43 Å². The molecule has 142 valence electrons. The summed E-state index contributed by atoms with van der Waals surface area (Å²) in [5.41, 5.74) is 1.98. The molecule has 0 saturated heterocycles. The smallest absolute Gasteiger partial charge is 0.191 e. The Kier molecular flexibility index (Phi) is 6.78. The molecule has 3 rings (SSSR count). The van der Waals surface area contributed by atoms with E-state index >= 15 is 0 Å². The van der Waals surface area contributed by atoms with Crippen LogP contribution in [0.4, 0.5) is 5.82 Å². The Hall–Kier alpha value is -2.01. The van der Waals surface area contributed by atoms with E-state index in [2.05, 4.69) is 22.5 Å². The average Bonchev–Trinajstić information content (AvgIpc) is 2.67. The number of fused-ring (bicyclic) bond motifs is 1. The number of anilines is 1. The van der Waals surface area contributed by atoms with Crippen LogP contribution < -0.4 is 16.1 Å². The summed E-state index contributed by atoms with van der Waals surface area (Å²) in [6.45, 7) is 3.66. The molecule has 27 heavy (non-hydrogen) atoms. The predicted molar refractivity (Wildman–Crippen MR) is 115 cm³/mol. The Bertz CT molecular complexity index is 971. The molecule has 0 aliphatic heterocycles. The van der Waals surface area contributed by atoms with E-state index in [9.17, 15) is 4.79 Å². The monoisotopic (exact) mass is 403 g/mol. The summed E-state index contributed by atoms with van der Waals surface area (Å²) in [5, 5.41) is 8.72. The number of hydrogen-bond acceptors (Lipinski definition) is 3. The van der Waals surface area contributed by atoms with Crippen LogP contribution in [0.2, 0.25) is 10.0 Å². The van der Waals surface area contributed by atoms with E-state index in [0.717, 1.165) is 42.8 Å². The molecule has 6 heteroatoms. The fraction of sp³-hybridized carbons (Fsp3) is 0.286.